The van der Waals surface area contributed by atoms with Crippen LogP contribution in [0.3, 0.4) is 0 Å². The largest absolute Gasteiger partial charge is 0.493 e. The Hall–Kier alpha value is -1.03. The van der Waals surface area contributed by atoms with Crippen molar-refractivity contribution in [3.05, 3.63) is 11.9 Å². The van der Waals surface area contributed by atoms with Gasteiger partial charge in [0, 0.05) is 18.5 Å². The van der Waals surface area contributed by atoms with E-state index < -0.39 is 0 Å². The topological polar surface area (TPSA) is 53.1 Å². The van der Waals surface area contributed by atoms with Crippen molar-refractivity contribution in [1.29, 1.82) is 0 Å². The number of aryl methyl sites for hydroxylation is 1. The van der Waals surface area contributed by atoms with Crippen LogP contribution in [-0.2, 0) is 6.54 Å². The summed E-state index contributed by atoms with van der Waals surface area (Å²) in [7, 11) is 1.71. The van der Waals surface area contributed by atoms with Crippen LogP contribution >= 0.6 is 0 Å². The molecular weight excluding hydrogens is 202 g/mol. The second-order valence-corrected chi connectivity index (χ2v) is 4.59. The van der Waals surface area contributed by atoms with Crippen LogP contribution in [0.2, 0.25) is 0 Å². The van der Waals surface area contributed by atoms with E-state index in [2.05, 4.69) is 16.7 Å². The van der Waals surface area contributed by atoms with Gasteiger partial charge in [-0.1, -0.05) is 6.92 Å². The number of methoxy groups -OCH3 is 1. The van der Waals surface area contributed by atoms with Crippen molar-refractivity contribution < 1.29 is 4.74 Å². The van der Waals surface area contributed by atoms with E-state index in [0.717, 1.165) is 38.0 Å². The summed E-state index contributed by atoms with van der Waals surface area (Å²) in [6, 6.07) is 0.347. The van der Waals surface area contributed by atoms with Gasteiger partial charge < -0.3 is 10.5 Å². The highest BCUT2D eigenvalue weighted by Crippen LogP contribution is 2.38. The summed E-state index contributed by atoms with van der Waals surface area (Å²) in [6.07, 6.45) is 6.26. The second kappa shape index (κ2) is 4.87. The summed E-state index contributed by atoms with van der Waals surface area (Å²) in [5, 5.41) is 4.40. The fourth-order valence-corrected chi connectivity index (χ4v) is 2.60. The Kier molecular flexibility index (Phi) is 3.49. The first-order valence-electron chi connectivity index (χ1n) is 6.11. The molecule has 2 atom stereocenters. The first-order chi connectivity index (χ1) is 7.76. The Morgan fingerprint density at radius 2 is 2.38 bits per heavy atom. The molecule has 1 aliphatic carbocycles. The smallest absolute Gasteiger partial charge is 0.160 e. The molecule has 90 valence electrons. The van der Waals surface area contributed by atoms with Gasteiger partial charge in [0.15, 0.2) is 5.75 Å². The number of hydrogen-bond acceptors (Lipinski definition) is 3. The van der Waals surface area contributed by atoms with Gasteiger partial charge in [-0.05, 0) is 25.7 Å². The van der Waals surface area contributed by atoms with E-state index in [1.54, 1.807) is 7.11 Å². The molecule has 1 heterocycles. The maximum atomic E-state index is 5.98. The van der Waals surface area contributed by atoms with Crippen molar-refractivity contribution in [2.24, 2.45) is 5.73 Å². The van der Waals surface area contributed by atoms with Gasteiger partial charge in [-0.3, -0.25) is 4.68 Å². The molecule has 16 heavy (non-hydrogen) atoms. The van der Waals surface area contributed by atoms with Crippen LogP contribution in [-0.4, -0.2) is 22.9 Å². The first kappa shape index (κ1) is 11.5. The first-order valence-corrected chi connectivity index (χ1v) is 6.11. The quantitative estimate of drug-likeness (QED) is 0.848. The highest BCUT2D eigenvalue weighted by molar-refractivity contribution is 5.29. The lowest BCUT2D eigenvalue weighted by Gasteiger charge is -2.14. The van der Waals surface area contributed by atoms with Crippen molar-refractivity contribution in [3.63, 3.8) is 0 Å². The number of ether oxygens (including phenoxy) is 1. The van der Waals surface area contributed by atoms with E-state index in [-0.39, 0.29) is 0 Å². The third kappa shape index (κ3) is 2.07. The lowest BCUT2D eigenvalue weighted by Crippen LogP contribution is -2.15. The molecule has 4 nitrogen and oxygen atoms in total. The predicted molar refractivity (Wildman–Crippen MR) is 63.6 cm³/mol. The Morgan fingerprint density at radius 1 is 1.56 bits per heavy atom. The zero-order valence-corrected chi connectivity index (χ0v) is 10.1. The van der Waals surface area contributed by atoms with Gasteiger partial charge in [0.25, 0.3) is 0 Å². The maximum absolute atomic E-state index is 5.98. The van der Waals surface area contributed by atoms with Crippen LogP contribution < -0.4 is 10.5 Å². The summed E-state index contributed by atoms with van der Waals surface area (Å²) in [6.45, 7) is 3.13. The zero-order chi connectivity index (χ0) is 11.5. The number of rotatable bonds is 4. The standard InChI is InChI=1S/C12H21N3O/c1-3-6-15-12(11(16-2)8-14-15)9-4-5-10(13)7-9/h8-10H,3-7,13H2,1-2H3. The molecule has 1 aliphatic rings. The van der Waals surface area contributed by atoms with Crippen LogP contribution in [0.5, 0.6) is 5.75 Å². The number of nitrogens with zero attached hydrogens (tertiary/aromatic N) is 2. The Bertz CT molecular complexity index is 348. The van der Waals surface area contributed by atoms with Gasteiger partial charge in [0.2, 0.25) is 0 Å². The van der Waals surface area contributed by atoms with Crippen LogP contribution in [0.4, 0.5) is 0 Å². The van der Waals surface area contributed by atoms with Gasteiger partial charge in [0.1, 0.15) is 0 Å². The van der Waals surface area contributed by atoms with Gasteiger partial charge in [0.05, 0.1) is 19.0 Å². The maximum Gasteiger partial charge on any atom is 0.160 e. The van der Waals surface area contributed by atoms with Crippen molar-refractivity contribution in [1.82, 2.24) is 9.78 Å². The van der Waals surface area contributed by atoms with Crippen LogP contribution in [0.25, 0.3) is 0 Å². The van der Waals surface area contributed by atoms with E-state index >= 15 is 0 Å². The molecule has 4 heteroatoms. The Labute approximate surface area is 96.8 Å². The molecule has 2 unspecified atom stereocenters. The number of aromatic nitrogens is 2. The molecule has 0 saturated heterocycles. The summed E-state index contributed by atoms with van der Waals surface area (Å²) in [5.74, 6) is 1.45. The minimum Gasteiger partial charge on any atom is -0.493 e. The monoisotopic (exact) mass is 223 g/mol. The average Bonchev–Trinajstić information content (AvgIpc) is 2.85. The Balaban J connectivity index is 2.25. The molecule has 0 radical (unpaired) electrons. The molecule has 0 aromatic carbocycles. The zero-order valence-electron chi connectivity index (χ0n) is 10.1. The van der Waals surface area contributed by atoms with E-state index in [9.17, 15) is 0 Å². The molecule has 0 spiro atoms. The van der Waals surface area contributed by atoms with Gasteiger partial charge in [-0.2, -0.15) is 5.10 Å². The summed E-state index contributed by atoms with van der Waals surface area (Å²) < 4.78 is 7.48. The molecule has 1 fully saturated rings. The lowest BCUT2D eigenvalue weighted by molar-refractivity contribution is 0.400. The van der Waals surface area contributed by atoms with Gasteiger partial charge >= 0.3 is 0 Å². The predicted octanol–water partition coefficient (Wildman–Crippen LogP) is 1.90. The molecule has 0 amide bonds. The molecule has 1 aromatic heterocycles. The third-order valence-corrected chi connectivity index (χ3v) is 3.36. The molecule has 0 aliphatic heterocycles. The average molecular weight is 223 g/mol. The van der Waals surface area contributed by atoms with E-state index in [4.69, 9.17) is 10.5 Å². The minimum atomic E-state index is 0.347. The number of nitrogens with two attached hydrogens (primary N) is 1. The third-order valence-electron chi connectivity index (χ3n) is 3.36. The van der Waals surface area contributed by atoms with E-state index in [0.29, 0.717) is 12.0 Å². The van der Waals surface area contributed by atoms with Crippen LogP contribution in [0.15, 0.2) is 6.20 Å². The summed E-state index contributed by atoms with van der Waals surface area (Å²) in [4.78, 5) is 0. The molecule has 2 N–H and O–H groups in total. The fourth-order valence-electron chi connectivity index (χ4n) is 2.60. The van der Waals surface area contributed by atoms with Crippen LogP contribution in [0, 0.1) is 0 Å². The number of hydrogen-bond donors (Lipinski definition) is 1. The van der Waals surface area contributed by atoms with Crippen molar-refractivity contribution in [3.8, 4) is 5.75 Å². The van der Waals surface area contributed by atoms with E-state index in [1.165, 1.54) is 5.69 Å². The van der Waals surface area contributed by atoms with Crippen molar-refractivity contribution in [2.45, 2.75) is 51.1 Å². The fraction of sp³-hybridized carbons (Fsp3) is 0.750. The molecule has 0 bridgehead atoms. The lowest BCUT2D eigenvalue weighted by atomic mass is 10.0. The second-order valence-electron chi connectivity index (χ2n) is 4.59. The van der Waals surface area contributed by atoms with Gasteiger partial charge in [-0.15, -0.1) is 0 Å². The summed E-state index contributed by atoms with van der Waals surface area (Å²) >= 11 is 0. The highest BCUT2D eigenvalue weighted by Gasteiger charge is 2.28. The van der Waals surface area contributed by atoms with E-state index in [1.807, 2.05) is 6.20 Å². The summed E-state index contributed by atoms with van der Waals surface area (Å²) in [5.41, 5.74) is 7.22. The van der Waals surface area contributed by atoms with Crippen molar-refractivity contribution in [2.75, 3.05) is 7.11 Å². The molecule has 2 rings (SSSR count). The van der Waals surface area contributed by atoms with Crippen molar-refractivity contribution >= 4 is 0 Å². The highest BCUT2D eigenvalue weighted by atomic mass is 16.5. The minimum absolute atomic E-state index is 0.347. The van der Waals surface area contributed by atoms with Crippen LogP contribution in [0.1, 0.15) is 44.2 Å². The molecule has 1 aromatic rings. The molecule has 1 saturated carbocycles. The normalized spacial score (nSPS) is 24.9. The van der Waals surface area contributed by atoms with Gasteiger partial charge in [-0.25, -0.2) is 0 Å². The Morgan fingerprint density at radius 3 is 2.94 bits per heavy atom. The SMILES string of the molecule is CCCn1ncc(OC)c1C1CCC(N)C1. The molecular formula is C12H21N3O.